The quantitative estimate of drug-likeness (QED) is 0.189. The minimum Gasteiger partial charge on any atom is -0.389 e. The number of nitrogens with two attached hydrogens (primary N) is 1. The number of nitrogen functional groups attached to an aromatic ring is 1. The van der Waals surface area contributed by atoms with E-state index in [0.717, 1.165) is 6.33 Å². The predicted molar refractivity (Wildman–Crippen MR) is 99.1 cm³/mol. The second kappa shape index (κ2) is 8.72. The van der Waals surface area contributed by atoms with Crippen LogP contribution in [0.1, 0.15) is 6.23 Å². The van der Waals surface area contributed by atoms with E-state index in [1.807, 2.05) is 0 Å². The molecule has 0 amide bonds. The highest BCUT2D eigenvalue weighted by atomic mass is 35.5. The average molecular weight is 526 g/mol. The number of hydrogen-bond donors (Lipinski definition) is 6. The van der Waals surface area contributed by atoms with Crippen molar-refractivity contribution in [2.75, 3.05) is 12.3 Å². The summed E-state index contributed by atoms with van der Waals surface area (Å²) >= 11 is 6.18. The van der Waals surface area contributed by atoms with E-state index in [1.54, 1.807) is 0 Å². The van der Waals surface area contributed by atoms with E-state index in [-0.39, 0.29) is 17.0 Å². The van der Waals surface area contributed by atoms with Crippen LogP contribution < -0.4 is 5.73 Å². The van der Waals surface area contributed by atoms with Crippen LogP contribution >= 0.6 is 35.1 Å². The minimum atomic E-state index is -5.68. The maximum atomic E-state index is 11.8. The number of anilines is 1. The molecule has 0 radical (unpaired) electrons. The zero-order valence-corrected chi connectivity index (χ0v) is 18.3. The summed E-state index contributed by atoms with van der Waals surface area (Å²) in [4.78, 5) is 47.4. The number of imidazole rings is 1. The highest BCUT2D eigenvalue weighted by Crippen LogP contribution is 2.66. The van der Waals surface area contributed by atoms with Gasteiger partial charge in [-0.1, -0.05) is 0 Å². The Hall–Kier alpha value is -1.03. The molecule has 3 heterocycles. The third kappa shape index (κ3) is 5.86. The molecule has 1 fully saturated rings. The Kier molecular flexibility index (Phi) is 6.93. The molecule has 174 valence electrons. The van der Waals surface area contributed by atoms with Crippen LogP contribution in [0.3, 0.4) is 0 Å². The number of phosphoric acid groups is 3. The molecule has 21 heteroatoms. The summed E-state index contributed by atoms with van der Waals surface area (Å²) in [7, 11) is -16.6. The van der Waals surface area contributed by atoms with Crippen LogP contribution in [0.5, 0.6) is 0 Å². The minimum absolute atomic E-state index is 0.0811. The fraction of sp³-hybridized carbons (Fsp3) is 0.500. The predicted octanol–water partition coefficient (Wildman–Crippen LogP) is -0.383. The summed E-state index contributed by atoms with van der Waals surface area (Å²) in [5.74, 6) is 0.0811. The Bertz CT molecular complexity index is 1110. The molecule has 7 N–H and O–H groups in total. The van der Waals surface area contributed by atoms with Gasteiger partial charge >= 0.3 is 23.5 Å². The molecule has 31 heavy (non-hydrogen) atoms. The molecule has 0 bridgehead atoms. The SMILES string of the molecule is Nc1ncnc2c1ncn2C1OC(COP(=O)(O)OP(=O)(O)OP(=O)(O)O)C(O)C1Cl. The number of aliphatic hydroxyl groups excluding tert-OH is 1. The summed E-state index contributed by atoms with van der Waals surface area (Å²) in [5.41, 5.74) is 6.16. The van der Waals surface area contributed by atoms with Gasteiger partial charge in [-0.05, 0) is 0 Å². The third-order valence-corrected chi connectivity index (χ3v) is 8.05. The molecule has 6 atom stereocenters. The summed E-state index contributed by atoms with van der Waals surface area (Å²) in [5, 5.41) is 9.14. The third-order valence-electron chi connectivity index (χ3n) is 3.77. The van der Waals surface area contributed by atoms with Crippen LogP contribution in [0, 0.1) is 0 Å². The van der Waals surface area contributed by atoms with Gasteiger partial charge in [0.1, 0.15) is 29.4 Å². The topological polar surface area (TPSA) is 259 Å². The molecule has 0 aromatic carbocycles. The van der Waals surface area contributed by atoms with Crippen LogP contribution in [0.2, 0.25) is 0 Å². The Labute approximate surface area is 177 Å². The number of aromatic nitrogens is 4. The van der Waals surface area contributed by atoms with Gasteiger partial charge in [-0.2, -0.15) is 8.62 Å². The maximum Gasteiger partial charge on any atom is 0.490 e. The second-order valence-corrected chi connectivity index (χ2v) is 10.9. The van der Waals surface area contributed by atoms with E-state index in [1.165, 1.54) is 10.9 Å². The lowest BCUT2D eigenvalue weighted by molar-refractivity contribution is -0.0422. The summed E-state index contributed by atoms with van der Waals surface area (Å²) in [6, 6.07) is 0. The lowest BCUT2D eigenvalue weighted by Crippen LogP contribution is -2.30. The molecule has 3 rings (SSSR count). The number of fused-ring (bicyclic) bond motifs is 1. The number of halogens is 1. The number of aliphatic hydroxyl groups is 1. The van der Waals surface area contributed by atoms with Crippen molar-refractivity contribution in [3.05, 3.63) is 12.7 Å². The number of nitrogens with zero attached hydrogens (tertiary/aromatic N) is 4. The largest absolute Gasteiger partial charge is 0.490 e. The first-order valence-corrected chi connectivity index (χ1v) is 12.8. The molecule has 1 aliphatic heterocycles. The molecular weight excluding hydrogens is 511 g/mol. The Balaban J connectivity index is 1.69. The molecule has 0 saturated carbocycles. The van der Waals surface area contributed by atoms with Crippen LogP contribution in [-0.2, 0) is 31.6 Å². The first kappa shape index (κ1) is 24.6. The molecule has 1 aliphatic rings. The summed E-state index contributed by atoms with van der Waals surface area (Å²) in [6.07, 6.45) is -1.44. The first-order chi connectivity index (χ1) is 14.2. The molecule has 0 spiro atoms. The van der Waals surface area contributed by atoms with E-state index in [4.69, 9.17) is 36.8 Å². The molecule has 17 nitrogen and oxygen atoms in total. The van der Waals surface area contributed by atoms with Crippen LogP contribution in [0.25, 0.3) is 11.2 Å². The molecular formula is C10H15ClN5O12P3. The average Bonchev–Trinajstić information content (AvgIpc) is 3.13. The van der Waals surface area contributed by atoms with Crippen molar-refractivity contribution >= 4 is 52.1 Å². The van der Waals surface area contributed by atoms with Gasteiger partial charge in [0.05, 0.1) is 12.9 Å². The lowest BCUT2D eigenvalue weighted by Gasteiger charge is -2.19. The van der Waals surface area contributed by atoms with Gasteiger partial charge in [-0.25, -0.2) is 28.6 Å². The highest BCUT2D eigenvalue weighted by molar-refractivity contribution is 7.66. The summed E-state index contributed by atoms with van der Waals surface area (Å²) in [6.45, 7) is -0.881. The van der Waals surface area contributed by atoms with Crippen molar-refractivity contribution in [3.63, 3.8) is 0 Å². The Morgan fingerprint density at radius 2 is 1.81 bits per heavy atom. The molecule has 2 aromatic heterocycles. The highest BCUT2D eigenvalue weighted by Gasteiger charge is 2.46. The van der Waals surface area contributed by atoms with E-state index >= 15 is 0 Å². The zero-order chi connectivity index (χ0) is 23.2. The van der Waals surface area contributed by atoms with Crippen LogP contribution in [0.15, 0.2) is 12.7 Å². The monoisotopic (exact) mass is 525 g/mol. The smallest absolute Gasteiger partial charge is 0.389 e. The van der Waals surface area contributed by atoms with Crippen molar-refractivity contribution in [3.8, 4) is 0 Å². The van der Waals surface area contributed by atoms with Crippen LogP contribution in [0.4, 0.5) is 5.82 Å². The van der Waals surface area contributed by atoms with Crippen LogP contribution in [-0.4, -0.2) is 68.4 Å². The Morgan fingerprint density at radius 1 is 1.13 bits per heavy atom. The van der Waals surface area contributed by atoms with Crippen molar-refractivity contribution in [1.29, 1.82) is 0 Å². The molecule has 6 unspecified atom stereocenters. The van der Waals surface area contributed by atoms with Crippen molar-refractivity contribution in [2.45, 2.75) is 23.8 Å². The maximum absolute atomic E-state index is 11.8. The number of hydrogen-bond acceptors (Lipinski definition) is 12. The van der Waals surface area contributed by atoms with Gasteiger partial charge in [0.2, 0.25) is 0 Å². The zero-order valence-electron chi connectivity index (χ0n) is 14.9. The summed E-state index contributed by atoms with van der Waals surface area (Å²) < 4.78 is 52.3. The van der Waals surface area contributed by atoms with Crippen molar-refractivity contribution < 1.29 is 56.3 Å². The number of phosphoric ester groups is 1. The number of ether oxygens (including phenoxy) is 1. The van der Waals surface area contributed by atoms with E-state index in [0.29, 0.717) is 0 Å². The van der Waals surface area contributed by atoms with Gasteiger partial charge in [0.15, 0.2) is 17.7 Å². The van der Waals surface area contributed by atoms with Gasteiger partial charge in [-0.3, -0.25) is 9.09 Å². The molecule has 2 aromatic rings. The lowest BCUT2D eigenvalue weighted by atomic mass is 10.2. The van der Waals surface area contributed by atoms with E-state index in [9.17, 15) is 23.7 Å². The van der Waals surface area contributed by atoms with E-state index < -0.39 is 53.9 Å². The number of alkyl halides is 1. The second-order valence-electron chi connectivity index (χ2n) is 5.97. The molecule has 0 aliphatic carbocycles. The van der Waals surface area contributed by atoms with Crippen molar-refractivity contribution in [2.24, 2.45) is 0 Å². The van der Waals surface area contributed by atoms with Gasteiger partial charge in [0, 0.05) is 0 Å². The fourth-order valence-corrected chi connectivity index (χ4v) is 5.97. The number of rotatable bonds is 8. The normalized spacial score (nSPS) is 28.5. The fourth-order valence-electron chi connectivity index (χ4n) is 2.59. The van der Waals surface area contributed by atoms with Crippen molar-refractivity contribution in [1.82, 2.24) is 19.5 Å². The Morgan fingerprint density at radius 3 is 2.45 bits per heavy atom. The standard InChI is InChI=1S/C10H15ClN5O12P3/c11-5-7(17)4(1-25-30(21,22)28-31(23,24)27-29(18,19)20)26-10(5)16-3-15-6-8(12)13-2-14-9(6)16/h2-5,7,10,17H,1H2,(H,21,22)(H,23,24)(H2,12,13,14)(H2,18,19,20). The van der Waals surface area contributed by atoms with E-state index in [2.05, 4.69) is 28.1 Å². The van der Waals surface area contributed by atoms with Gasteiger partial charge in [-0.15, -0.1) is 11.6 Å². The molecule has 1 saturated heterocycles. The first-order valence-electron chi connectivity index (χ1n) is 7.88. The van der Waals surface area contributed by atoms with Gasteiger partial charge in [0.25, 0.3) is 0 Å². The van der Waals surface area contributed by atoms with Gasteiger partial charge < -0.3 is 35.2 Å².